The monoisotopic (exact) mass is 485 g/mol. The third kappa shape index (κ3) is 3.35. The summed E-state index contributed by atoms with van der Waals surface area (Å²) in [6, 6.07) is 26.8. The lowest BCUT2D eigenvalue weighted by Crippen LogP contribution is -2.28. The highest BCUT2D eigenvalue weighted by atomic mass is 15.2. The summed E-state index contributed by atoms with van der Waals surface area (Å²) in [6.07, 6.45) is 7.01. The van der Waals surface area contributed by atoms with Crippen molar-refractivity contribution in [1.29, 1.82) is 0 Å². The fourth-order valence-corrected chi connectivity index (χ4v) is 6.78. The van der Waals surface area contributed by atoms with Gasteiger partial charge in [-0.15, -0.1) is 0 Å². The topological polar surface area (TPSA) is 6.25 Å². The van der Waals surface area contributed by atoms with Crippen LogP contribution in [0.1, 0.15) is 52.7 Å². The zero-order valence-electron chi connectivity index (χ0n) is 23.0. The van der Waals surface area contributed by atoms with Crippen LogP contribution in [0.2, 0.25) is 0 Å². The van der Waals surface area contributed by atoms with Crippen LogP contribution >= 0.6 is 0 Å². The first-order valence-electron chi connectivity index (χ1n) is 13.7. The molecule has 0 amide bonds. The molecule has 0 aromatic heterocycles. The van der Waals surface area contributed by atoms with E-state index in [4.69, 9.17) is 0 Å². The van der Waals surface area contributed by atoms with Gasteiger partial charge in [-0.3, -0.25) is 0 Å². The summed E-state index contributed by atoms with van der Waals surface area (Å²) in [6.45, 7) is 15.9. The van der Waals surface area contributed by atoms with Gasteiger partial charge in [0.25, 0.3) is 0 Å². The molecule has 4 aromatic carbocycles. The van der Waals surface area contributed by atoms with Crippen molar-refractivity contribution in [3.8, 4) is 0 Å². The highest BCUT2D eigenvalue weighted by Crippen LogP contribution is 2.50. The average Bonchev–Trinajstić information content (AvgIpc) is 3.27. The van der Waals surface area contributed by atoms with Crippen molar-refractivity contribution >= 4 is 38.6 Å². The van der Waals surface area contributed by atoms with Gasteiger partial charge >= 0.3 is 0 Å². The molecule has 2 aliphatic heterocycles. The largest absolute Gasteiger partial charge is 0.344 e. The van der Waals surface area contributed by atoms with Gasteiger partial charge in [0.05, 0.1) is 16.5 Å². The lowest BCUT2D eigenvalue weighted by molar-refractivity contribution is -0.431. The standard InChI is InChI=1S/C35H37N2/c1-7-36-30(34(3,4)28-22-20-24-14-9-11-16-26(24)32(28)36)18-13-19-31-35(5,6)29-23-21-25-15-10-12-17-27(25)33(29)37(31)8-2/h9-23H,7-8H2,1-6H3/q+1. The molecule has 2 heterocycles. The molecule has 0 radical (unpaired) electrons. The number of fused-ring (bicyclic) bond motifs is 6. The minimum atomic E-state index is -0.0564. The van der Waals surface area contributed by atoms with Crippen molar-refractivity contribution in [3.63, 3.8) is 0 Å². The van der Waals surface area contributed by atoms with Gasteiger partial charge in [0.2, 0.25) is 5.69 Å². The minimum Gasteiger partial charge on any atom is -0.344 e. The first-order valence-corrected chi connectivity index (χ1v) is 13.7. The Hall–Kier alpha value is -3.65. The molecule has 37 heavy (non-hydrogen) atoms. The number of nitrogens with zero attached hydrogens (tertiary/aromatic N) is 2. The Bertz CT molecular complexity index is 1650. The van der Waals surface area contributed by atoms with Crippen molar-refractivity contribution in [2.75, 3.05) is 18.0 Å². The number of hydrogen-bond acceptors (Lipinski definition) is 1. The second-order valence-electron chi connectivity index (χ2n) is 11.4. The molecule has 0 fully saturated rings. The molecule has 4 aromatic rings. The van der Waals surface area contributed by atoms with E-state index in [-0.39, 0.29) is 10.8 Å². The second kappa shape index (κ2) is 8.45. The van der Waals surface area contributed by atoms with E-state index in [9.17, 15) is 0 Å². The second-order valence-corrected chi connectivity index (χ2v) is 11.4. The minimum absolute atomic E-state index is 0.0564. The highest BCUT2D eigenvalue weighted by Gasteiger charge is 2.45. The summed E-state index contributed by atoms with van der Waals surface area (Å²) >= 11 is 0. The smallest absolute Gasteiger partial charge is 0.217 e. The third-order valence-electron chi connectivity index (χ3n) is 8.69. The van der Waals surface area contributed by atoms with Crippen LogP contribution in [0.25, 0.3) is 21.5 Å². The van der Waals surface area contributed by atoms with E-state index in [1.165, 1.54) is 55.5 Å². The van der Waals surface area contributed by atoms with Gasteiger partial charge in [-0.2, -0.15) is 4.58 Å². The molecule has 0 bridgehead atoms. The molecule has 2 aliphatic rings. The molecule has 0 aliphatic carbocycles. The Labute approximate surface area is 221 Å². The van der Waals surface area contributed by atoms with Crippen molar-refractivity contribution < 1.29 is 4.58 Å². The molecule has 6 rings (SSSR count). The Morgan fingerprint density at radius 2 is 1.35 bits per heavy atom. The number of benzene rings is 4. The molecule has 186 valence electrons. The molecular formula is C35H37N2+. The summed E-state index contributed by atoms with van der Waals surface area (Å²) in [5, 5.41) is 5.29. The number of likely N-dealkylation sites (N-methyl/N-ethyl adjacent to an activating group) is 1. The first-order chi connectivity index (χ1) is 17.8. The molecule has 0 N–H and O–H groups in total. The molecule has 0 atom stereocenters. The maximum absolute atomic E-state index is 2.52. The van der Waals surface area contributed by atoms with Crippen molar-refractivity contribution in [2.24, 2.45) is 0 Å². The lowest BCUT2D eigenvalue weighted by atomic mass is 9.80. The van der Waals surface area contributed by atoms with E-state index in [0.717, 1.165) is 13.1 Å². The van der Waals surface area contributed by atoms with Crippen molar-refractivity contribution in [3.05, 3.63) is 108 Å². The Kier molecular flexibility index (Phi) is 5.42. The van der Waals surface area contributed by atoms with Crippen molar-refractivity contribution in [2.45, 2.75) is 52.4 Å². The SMILES string of the molecule is CCN1C(=CC=CC2=[N+](CC)c3c(ccc4ccccc34)C2(C)C)C(C)(C)c2ccc3ccccc3c21. The fourth-order valence-electron chi connectivity index (χ4n) is 6.78. The Morgan fingerprint density at radius 1 is 0.730 bits per heavy atom. The van der Waals surface area contributed by atoms with Crippen molar-refractivity contribution in [1.82, 2.24) is 0 Å². The Balaban J connectivity index is 1.47. The van der Waals surface area contributed by atoms with Crippen LogP contribution in [0, 0.1) is 0 Å². The maximum atomic E-state index is 2.52. The van der Waals surface area contributed by atoms with Crippen LogP contribution in [0.5, 0.6) is 0 Å². The third-order valence-corrected chi connectivity index (χ3v) is 8.69. The van der Waals surface area contributed by atoms with Crippen LogP contribution < -0.4 is 4.90 Å². The molecule has 2 nitrogen and oxygen atoms in total. The summed E-state index contributed by atoms with van der Waals surface area (Å²) in [5.74, 6) is 0. The summed E-state index contributed by atoms with van der Waals surface area (Å²) in [4.78, 5) is 2.52. The number of hydrogen-bond donors (Lipinski definition) is 0. The maximum Gasteiger partial charge on any atom is 0.217 e. The van der Waals surface area contributed by atoms with Crippen LogP contribution in [-0.4, -0.2) is 23.4 Å². The van der Waals surface area contributed by atoms with Gasteiger partial charge in [0.1, 0.15) is 6.54 Å². The van der Waals surface area contributed by atoms with Gasteiger partial charge in [-0.1, -0.05) is 86.7 Å². The molecule has 2 heteroatoms. The van der Waals surface area contributed by atoms with E-state index < -0.39 is 0 Å². The lowest BCUT2D eigenvalue weighted by Gasteiger charge is -2.26. The summed E-state index contributed by atoms with van der Waals surface area (Å²) in [7, 11) is 0. The van der Waals surface area contributed by atoms with Gasteiger partial charge in [0.15, 0.2) is 5.71 Å². The highest BCUT2D eigenvalue weighted by molar-refractivity contribution is 6.07. The molecule has 0 unspecified atom stereocenters. The summed E-state index contributed by atoms with van der Waals surface area (Å²) < 4.78 is 2.52. The predicted molar refractivity (Wildman–Crippen MR) is 160 cm³/mol. The Morgan fingerprint density at radius 3 is 2.03 bits per heavy atom. The fraction of sp³-hybridized carbons (Fsp3) is 0.286. The molecular weight excluding hydrogens is 448 g/mol. The zero-order chi connectivity index (χ0) is 25.9. The van der Waals surface area contributed by atoms with Crippen LogP contribution in [0.3, 0.4) is 0 Å². The van der Waals surface area contributed by atoms with E-state index >= 15 is 0 Å². The van der Waals surface area contributed by atoms with E-state index in [1.54, 1.807) is 0 Å². The predicted octanol–water partition coefficient (Wildman–Crippen LogP) is 8.65. The van der Waals surface area contributed by atoms with Crippen LogP contribution in [-0.2, 0) is 10.8 Å². The normalized spacial score (nSPS) is 19.0. The summed E-state index contributed by atoms with van der Waals surface area (Å²) in [5.41, 5.74) is 8.17. The average molecular weight is 486 g/mol. The van der Waals surface area contributed by atoms with Crippen LogP contribution in [0.15, 0.2) is 96.7 Å². The van der Waals surface area contributed by atoms with Gasteiger partial charge in [-0.25, -0.2) is 0 Å². The van der Waals surface area contributed by atoms with E-state index in [0.29, 0.717) is 0 Å². The molecule has 0 spiro atoms. The quantitative estimate of drug-likeness (QED) is 0.262. The first kappa shape index (κ1) is 23.7. The molecule has 0 saturated heterocycles. The number of rotatable bonds is 4. The number of anilines is 1. The van der Waals surface area contributed by atoms with E-state index in [1.807, 2.05) is 0 Å². The molecule has 0 saturated carbocycles. The van der Waals surface area contributed by atoms with Gasteiger partial charge in [0, 0.05) is 34.7 Å². The van der Waals surface area contributed by atoms with E-state index in [2.05, 4.69) is 142 Å². The van der Waals surface area contributed by atoms with Gasteiger partial charge < -0.3 is 4.90 Å². The van der Waals surface area contributed by atoms with Gasteiger partial charge in [-0.05, 0) is 56.2 Å². The van der Waals surface area contributed by atoms with Crippen LogP contribution in [0.4, 0.5) is 11.4 Å². The zero-order valence-corrected chi connectivity index (χ0v) is 23.0. The number of allylic oxidation sites excluding steroid dienone is 4.